The molecule has 25 heavy (non-hydrogen) atoms. The Hall–Kier alpha value is -2.30. The predicted octanol–water partition coefficient (Wildman–Crippen LogP) is 4.26. The summed E-state index contributed by atoms with van der Waals surface area (Å²) in [5.41, 5.74) is 0.453. The molecule has 1 aliphatic rings. The standard InChI is InChI=1S/C20H26N2O3/c1-20(2,3)25-19(23)22-12-9-15(10-13-22)14-24-17-8-4-6-16-7-5-11-21-18(16)17/h4-8,11,15H,9-10,12-14H2,1-3H3. The average Bonchev–Trinajstić information content (AvgIpc) is 2.59. The summed E-state index contributed by atoms with van der Waals surface area (Å²) < 4.78 is 11.5. The van der Waals surface area contributed by atoms with E-state index in [2.05, 4.69) is 4.98 Å². The molecule has 0 saturated carbocycles. The molecule has 0 radical (unpaired) electrons. The second kappa shape index (κ2) is 7.30. The highest BCUT2D eigenvalue weighted by molar-refractivity contribution is 5.84. The molecule has 2 aromatic rings. The fourth-order valence-corrected chi connectivity index (χ4v) is 3.01. The van der Waals surface area contributed by atoms with E-state index in [0.29, 0.717) is 12.5 Å². The normalized spacial score (nSPS) is 16.0. The summed E-state index contributed by atoms with van der Waals surface area (Å²) >= 11 is 0. The molecule has 1 aromatic carbocycles. The number of pyridine rings is 1. The van der Waals surface area contributed by atoms with Crippen LogP contribution in [0, 0.1) is 5.92 Å². The molecule has 0 bridgehead atoms. The van der Waals surface area contributed by atoms with Crippen LogP contribution in [0.4, 0.5) is 4.79 Å². The van der Waals surface area contributed by atoms with Gasteiger partial charge >= 0.3 is 6.09 Å². The van der Waals surface area contributed by atoms with Crippen molar-refractivity contribution in [3.8, 4) is 5.75 Å². The van der Waals surface area contributed by atoms with Gasteiger partial charge in [0, 0.05) is 24.7 Å². The smallest absolute Gasteiger partial charge is 0.410 e. The number of nitrogens with zero attached hydrogens (tertiary/aromatic N) is 2. The first-order valence-corrected chi connectivity index (χ1v) is 8.87. The molecule has 5 nitrogen and oxygen atoms in total. The number of amides is 1. The van der Waals surface area contributed by atoms with Crippen molar-refractivity contribution in [2.75, 3.05) is 19.7 Å². The van der Waals surface area contributed by atoms with E-state index in [4.69, 9.17) is 9.47 Å². The fraction of sp³-hybridized carbons (Fsp3) is 0.500. The number of aromatic nitrogens is 1. The molecule has 3 rings (SSSR count). The summed E-state index contributed by atoms with van der Waals surface area (Å²) in [7, 11) is 0. The molecule has 2 heterocycles. The van der Waals surface area contributed by atoms with Gasteiger partial charge in [0.05, 0.1) is 6.61 Å². The van der Waals surface area contributed by atoms with Crippen LogP contribution in [0.5, 0.6) is 5.75 Å². The molecule has 1 aliphatic heterocycles. The maximum Gasteiger partial charge on any atom is 0.410 e. The number of likely N-dealkylation sites (tertiary alicyclic amines) is 1. The Bertz CT molecular complexity index is 726. The van der Waals surface area contributed by atoms with E-state index < -0.39 is 5.60 Å². The van der Waals surface area contributed by atoms with Gasteiger partial charge in [0.15, 0.2) is 0 Å². The van der Waals surface area contributed by atoms with Gasteiger partial charge in [-0.25, -0.2) is 4.79 Å². The minimum absolute atomic E-state index is 0.217. The van der Waals surface area contributed by atoms with Crippen molar-refractivity contribution in [1.29, 1.82) is 0 Å². The zero-order chi connectivity index (χ0) is 17.9. The summed E-state index contributed by atoms with van der Waals surface area (Å²) in [5.74, 6) is 1.27. The largest absolute Gasteiger partial charge is 0.491 e. The van der Waals surface area contributed by atoms with Crippen molar-refractivity contribution in [3.63, 3.8) is 0 Å². The summed E-state index contributed by atoms with van der Waals surface area (Å²) in [4.78, 5) is 18.3. The van der Waals surface area contributed by atoms with E-state index in [1.807, 2.05) is 51.1 Å². The van der Waals surface area contributed by atoms with E-state index >= 15 is 0 Å². The second-order valence-electron chi connectivity index (χ2n) is 7.55. The van der Waals surface area contributed by atoms with Gasteiger partial charge < -0.3 is 14.4 Å². The monoisotopic (exact) mass is 342 g/mol. The lowest BCUT2D eigenvalue weighted by Crippen LogP contribution is -2.42. The van der Waals surface area contributed by atoms with Crippen molar-refractivity contribution in [2.24, 2.45) is 5.92 Å². The lowest BCUT2D eigenvalue weighted by Gasteiger charge is -2.33. The first-order chi connectivity index (χ1) is 11.9. The molecule has 0 aliphatic carbocycles. The third-order valence-corrected chi connectivity index (χ3v) is 4.34. The van der Waals surface area contributed by atoms with Crippen molar-refractivity contribution in [2.45, 2.75) is 39.2 Å². The zero-order valence-corrected chi connectivity index (χ0v) is 15.2. The minimum Gasteiger partial charge on any atom is -0.491 e. The minimum atomic E-state index is -0.446. The van der Waals surface area contributed by atoms with Crippen LogP contribution in [0.1, 0.15) is 33.6 Å². The lowest BCUT2D eigenvalue weighted by molar-refractivity contribution is 0.0165. The molecule has 0 unspecified atom stereocenters. The fourth-order valence-electron chi connectivity index (χ4n) is 3.01. The summed E-state index contributed by atoms with van der Waals surface area (Å²) in [6.45, 7) is 7.77. The zero-order valence-electron chi connectivity index (χ0n) is 15.2. The molecular weight excluding hydrogens is 316 g/mol. The van der Waals surface area contributed by atoms with Gasteiger partial charge in [-0.05, 0) is 51.7 Å². The molecule has 5 heteroatoms. The average molecular weight is 342 g/mol. The van der Waals surface area contributed by atoms with Crippen LogP contribution in [0.15, 0.2) is 36.5 Å². The van der Waals surface area contributed by atoms with Crippen LogP contribution in [0.25, 0.3) is 10.9 Å². The first-order valence-electron chi connectivity index (χ1n) is 8.87. The summed E-state index contributed by atoms with van der Waals surface area (Å²) in [6.07, 6.45) is 3.42. The van der Waals surface area contributed by atoms with Crippen molar-refractivity contribution >= 4 is 17.0 Å². The van der Waals surface area contributed by atoms with Gasteiger partial charge in [-0.1, -0.05) is 18.2 Å². The van der Waals surface area contributed by atoms with Gasteiger partial charge in [0.2, 0.25) is 0 Å². The van der Waals surface area contributed by atoms with E-state index in [1.54, 1.807) is 11.1 Å². The molecule has 1 amide bonds. The van der Waals surface area contributed by atoms with E-state index in [9.17, 15) is 4.79 Å². The Balaban J connectivity index is 1.52. The Morgan fingerprint density at radius 2 is 1.92 bits per heavy atom. The van der Waals surface area contributed by atoms with Crippen LogP contribution < -0.4 is 4.74 Å². The van der Waals surface area contributed by atoms with Crippen molar-refractivity contribution in [3.05, 3.63) is 36.5 Å². The van der Waals surface area contributed by atoms with Crippen LogP contribution in [-0.4, -0.2) is 41.3 Å². The second-order valence-corrected chi connectivity index (χ2v) is 7.55. The number of rotatable bonds is 3. The Morgan fingerprint density at radius 3 is 2.64 bits per heavy atom. The van der Waals surface area contributed by atoms with Gasteiger partial charge in [0.1, 0.15) is 16.9 Å². The number of para-hydroxylation sites is 1. The number of hydrogen-bond acceptors (Lipinski definition) is 4. The molecular formula is C20H26N2O3. The number of piperidine rings is 1. The number of carbonyl (C=O) groups is 1. The highest BCUT2D eigenvalue weighted by Crippen LogP contribution is 2.25. The third-order valence-electron chi connectivity index (χ3n) is 4.34. The molecule has 1 aromatic heterocycles. The van der Waals surface area contributed by atoms with E-state index in [1.165, 1.54) is 0 Å². The molecule has 0 N–H and O–H groups in total. The number of ether oxygens (including phenoxy) is 2. The molecule has 0 spiro atoms. The highest BCUT2D eigenvalue weighted by atomic mass is 16.6. The van der Waals surface area contributed by atoms with E-state index in [0.717, 1.165) is 42.6 Å². The van der Waals surface area contributed by atoms with Crippen LogP contribution in [-0.2, 0) is 4.74 Å². The predicted molar refractivity (Wildman–Crippen MR) is 97.8 cm³/mol. The molecule has 1 fully saturated rings. The summed E-state index contributed by atoms with van der Waals surface area (Å²) in [5, 5.41) is 1.08. The van der Waals surface area contributed by atoms with Gasteiger partial charge in [0.25, 0.3) is 0 Å². The van der Waals surface area contributed by atoms with Crippen LogP contribution in [0.2, 0.25) is 0 Å². The summed E-state index contributed by atoms with van der Waals surface area (Å²) in [6, 6.07) is 9.96. The number of carbonyl (C=O) groups excluding carboxylic acids is 1. The maximum atomic E-state index is 12.1. The molecule has 134 valence electrons. The van der Waals surface area contributed by atoms with Crippen LogP contribution in [0.3, 0.4) is 0 Å². The maximum absolute atomic E-state index is 12.1. The Kier molecular flexibility index (Phi) is 5.11. The van der Waals surface area contributed by atoms with Gasteiger partial charge in [-0.15, -0.1) is 0 Å². The Labute approximate surface area is 148 Å². The number of fused-ring (bicyclic) bond motifs is 1. The topological polar surface area (TPSA) is 51.7 Å². The highest BCUT2D eigenvalue weighted by Gasteiger charge is 2.27. The first kappa shape index (κ1) is 17.5. The van der Waals surface area contributed by atoms with Gasteiger partial charge in [-0.3, -0.25) is 4.98 Å². The van der Waals surface area contributed by atoms with Crippen molar-refractivity contribution < 1.29 is 14.3 Å². The Morgan fingerprint density at radius 1 is 1.20 bits per heavy atom. The van der Waals surface area contributed by atoms with Crippen molar-refractivity contribution in [1.82, 2.24) is 9.88 Å². The van der Waals surface area contributed by atoms with E-state index in [-0.39, 0.29) is 6.09 Å². The molecule has 0 atom stereocenters. The SMILES string of the molecule is CC(C)(C)OC(=O)N1CCC(COc2cccc3cccnc23)CC1. The number of benzene rings is 1. The quantitative estimate of drug-likeness (QED) is 0.836. The van der Waals surface area contributed by atoms with Gasteiger partial charge in [-0.2, -0.15) is 0 Å². The third kappa shape index (κ3) is 4.62. The number of hydrogen-bond donors (Lipinski definition) is 0. The lowest BCUT2D eigenvalue weighted by atomic mass is 9.98. The van der Waals surface area contributed by atoms with Crippen LogP contribution >= 0.6 is 0 Å². The molecule has 1 saturated heterocycles.